The van der Waals surface area contributed by atoms with E-state index in [2.05, 4.69) is 4.98 Å². The summed E-state index contributed by atoms with van der Waals surface area (Å²) in [7, 11) is 0.224. The van der Waals surface area contributed by atoms with Crippen molar-refractivity contribution < 1.29 is 13.4 Å². The van der Waals surface area contributed by atoms with E-state index in [0.717, 1.165) is 11.1 Å². The molecule has 0 spiro atoms. The quantitative estimate of drug-likeness (QED) is 0.758. The molecule has 0 N–H and O–H groups in total. The molecule has 0 aliphatic rings. The molecule has 1 atom stereocenters. The third-order valence-electron chi connectivity index (χ3n) is 3.72. The first-order valence-electron chi connectivity index (χ1n) is 7.90. The van der Waals surface area contributed by atoms with Gasteiger partial charge in [-0.15, -0.1) is 0 Å². The van der Waals surface area contributed by atoms with Crippen molar-refractivity contribution in [1.82, 2.24) is 9.88 Å². The molecule has 1 amide bonds. The highest BCUT2D eigenvalue weighted by molar-refractivity contribution is 7.84. The van der Waals surface area contributed by atoms with Crippen molar-refractivity contribution >= 4 is 16.7 Å². The molecule has 0 saturated heterocycles. The molecule has 6 nitrogen and oxygen atoms in total. The molecule has 1 aromatic carbocycles. The molecule has 7 heteroatoms. The van der Waals surface area contributed by atoms with Gasteiger partial charge in [0.25, 0.3) is 0 Å². The monoisotopic (exact) mass is 359 g/mol. The summed E-state index contributed by atoms with van der Waals surface area (Å²) >= 11 is 0. The number of carbonyl (C=O) groups is 1. The fourth-order valence-corrected chi connectivity index (χ4v) is 3.43. The Labute approximate surface area is 149 Å². The van der Waals surface area contributed by atoms with E-state index < -0.39 is 10.8 Å². The molecule has 2 aromatic rings. The fourth-order valence-electron chi connectivity index (χ4n) is 2.26. The second kappa shape index (κ2) is 8.58. The van der Waals surface area contributed by atoms with Gasteiger partial charge < -0.3 is 9.32 Å². The minimum absolute atomic E-state index is 0.0893. The summed E-state index contributed by atoms with van der Waals surface area (Å²) in [5, 5.41) is 8.55. The van der Waals surface area contributed by atoms with Gasteiger partial charge in [0.05, 0.1) is 23.9 Å². The summed E-state index contributed by atoms with van der Waals surface area (Å²) < 4.78 is 18.0. The lowest BCUT2D eigenvalue weighted by Gasteiger charge is -2.14. The number of carbonyl (C=O) groups excluding carboxylic acids is 1. The van der Waals surface area contributed by atoms with Crippen molar-refractivity contribution in [1.29, 1.82) is 5.26 Å². The third-order valence-corrected chi connectivity index (χ3v) is 4.89. The number of aromatic nitrogens is 1. The van der Waals surface area contributed by atoms with Crippen LogP contribution in [0.25, 0.3) is 11.5 Å². The Morgan fingerprint density at radius 1 is 1.40 bits per heavy atom. The smallest absolute Gasteiger partial charge is 0.234 e. The Morgan fingerprint density at radius 3 is 2.84 bits per heavy atom. The topological polar surface area (TPSA) is 87.2 Å². The number of benzene rings is 1. The van der Waals surface area contributed by atoms with Gasteiger partial charge >= 0.3 is 0 Å². The summed E-state index contributed by atoms with van der Waals surface area (Å²) in [6.07, 6.45) is 0.261. The van der Waals surface area contributed by atoms with E-state index in [4.69, 9.17) is 9.68 Å². The van der Waals surface area contributed by atoms with Crippen molar-refractivity contribution in [3.05, 3.63) is 41.3 Å². The average molecular weight is 359 g/mol. The summed E-state index contributed by atoms with van der Waals surface area (Å²) in [4.78, 5) is 17.8. The van der Waals surface area contributed by atoms with E-state index >= 15 is 0 Å². The molecule has 0 aliphatic carbocycles. The summed E-state index contributed by atoms with van der Waals surface area (Å²) in [6, 6.07) is 9.78. The molecule has 25 heavy (non-hydrogen) atoms. The number of rotatable bonds is 7. The van der Waals surface area contributed by atoms with Crippen LogP contribution in [0.4, 0.5) is 0 Å². The van der Waals surface area contributed by atoms with Gasteiger partial charge in [-0.2, -0.15) is 5.26 Å². The zero-order valence-electron chi connectivity index (χ0n) is 14.6. The highest BCUT2D eigenvalue weighted by Crippen LogP contribution is 2.23. The van der Waals surface area contributed by atoms with Gasteiger partial charge in [-0.3, -0.25) is 9.00 Å². The van der Waals surface area contributed by atoms with Crippen LogP contribution in [0, 0.1) is 25.2 Å². The van der Waals surface area contributed by atoms with Crippen LogP contribution in [-0.4, -0.2) is 39.3 Å². The van der Waals surface area contributed by atoms with Gasteiger partial charge in [0.2, 0.25) is 11.8 Å². The Kier molecular flexibility index (Phi) is 6.48. The van der Waals surface area contributed by atoms with E-state index in [-0.39, 0.29) is 23.8 Å². The van der Waals surface area contributed by atoms with Gasteiger partial charge in [0.1, 0.15) is 11.5 Å². The molecular weight excluding hydrogens is 338 g/mol. The third kappa shape index (κ3) is 5.26. The molecule has 0 fully saturated rings. The lowest BCUT2D eigenvalue weighted by Crippen LogP contribution is -2.31. The molecule has 0 radical (unpaired) electrons. The lowest BCUT2D eigenvalue weighted by molar-refractivity contribution is -0.127. The summed E-state index contributed by atoms with van der Waals surface area (Å²) in [5.41, 5.74) is 2.57. The molecule has 1 aromatic heterocycles. The Morgan fingerprint density at radius 2 is 2.16 bits per heavy atom. The first-order valence-corrected chi connectivity index (χ1v) is 9.38. The predicted molar refractivity (Wildman–Crippen MR) is 96.0 cm³/mol. The Hall–Kier alpha value is -2.46. The zero-order valence-corrected chi connectivity index (χ0v) is 15.4. The maximum Gasteiger partial charge on any atom is 0.234 e. The van der Waals surface area contributed by atoms with Crippen molar-refractivity contribution in [2.75, 3.05) is 19.3 Å². The highest BCUT2D eigenvalue weighted by atomic mass is 32.2. The van der Waals surface area contributed by atoms with E-state index in [1.165, 1.54) is 4.90 Å². The van der Waals surface area contributed by atoms with Crippen LogP contribution in [0.5, 0.6) is 0 Å². The molecular formula is C18H21N3O3S. The second-order valence-electron chi connectivity index (χ2n) is 5.84. The fraction of sp³-hybridized carbons (Fsp3) is 0.389. The van der Waals surface area contributed by atoms with Crippen LogP contribution in [0.2, 0.25) is 0 Å². The minimum atomic E-state index is -1.38. The van der Waals surface area contributed by atoms with Crippen LogP contribution in [0.1, 0.15) is 23.4 Å². The van der Waals surface area contributed by atoms with Crippen molar-refractivity contribution in [3.63, 3.8) is 0 Å². The van der Waals surface area contributed by atoms with Crippen LogP contribution >= 0.6 is 0 Å². The molecule has 2 rings (SSSR count). The number of nitrogens with zero attached hydrogens (tertiary/aromatic N) is 3. The molecule has 0 aliphatic heterocycles. The van der Waals surface area contributed by atoms with Crippen molar-refractivity contribution in [2.24, 2.45) is 0 Å². The molecule has 1 heterocycles. The second-order valence-corrected chi connectivity index (χ2v) is 7.30. The Bertz CT molecular complexity index is 823. The van der Waals surface area contributed by atoms with Crippen LogP contribution in [-0.2, 0) is 21.3 Å². The van der Waals surface area contributed by atoms with E-state index in [9.17, 15) is 9.00 Å². The normalized spacial score (nSPS) is 11.8. The van der Waals surface area contributed by atoms with E-state index in [1.54, 1.807) is 14.0 Å². The molecule has 0 saturated carbocycles. The number of nitriles is 1. The van der Waals surface area contributed by atoms with Gasteiger partial charge in [-0.25, -0.2) is 4.98 Å². The number of aryl methyl sites for hydroxylation is 2. The zero-order chi connectivity index (χ0) is 18.4. The van der Waals surface area contributed by atoms with Crippen molar-refractivity contribution in [2.45, 2.75) is 26.0 Å². The average Bonchev–Trinajstić information content (AvgIpc) is 2.93. The van der Waals surface area contributed by atoms with Crippen LogP contribution < -0.4 is 0 Å². The summed E-state index contributed by atoms with van der Waals surface area (Å²) in [6.45, 7) is 4.11. The van der Waals surface area contributed by atoms with Gasteiger partial charge in [0, 0.05) is 30.0 Å². The van der Waals surface area contributed by atoms with Gasteiger partial charge in [-0.1, -0.05) is 17.7 Å². The maximum atomic E-state index is 12.3. The van der Waals surface area contributed by atoms with E-state index in [1.807, 2.05) is 37.3 Å². The van der Waals surface area contributed by atoms with Crippen molar-refractivity contribution in [3.8, 4) is 17.5 Å². The van der Waals surface area contributed by atoms with Gasteiger partial charge in [0.15, 0.2) is 0 Å². The first-order chi connectivity index (χ1) is 11.9. The molecule has 0 bridgehead atoms. The number of oxazole rings is 1. The van der Waals surface area contributed by atoms with E-state index in [0.29, 0.717) is 23.9 Å². The molecule has 132 valence electrons. The maximum absolute atomic E-state index is 12.3. The highest BCUT2D eigenvalue weighted by Gasteiger charge is 2.17. The minimum Gasteiger partial charge on any atom is -0.441 e. The van der Waals surface area contributed by atoms with Gasteiger partial charge in [-0.05, 0) is 26.0 Å². The van der Waals surface area contributed by atoms with Crippen LogP contribution in [0.3, 0.4) is 0 Å². The predicted octanol–water partition coefficient (Wildman–Crippen LogP) is 2.58. The SMILES string of the molecule is Cc1cccc(-c2nc(C[S@](=O)CC(=O)N(C)CCC#N)c(C)o2)c1. The lowest BCUT2D eigenvalue weighted by atomic mass is 10.1. The standard InChI is InChI=1S/C18H21N3O3S/c1-13-6-4-7-15(10-13)18-20-16(14(2)24-18)11-25(23)12-17(22)21(3)9-5-8-19/h4,6-7,10H,5,9,11-12H2,1-3H3/t25-/m0/s1. The first kappa shape index (κ1) is 18.9. The number of hydrogen-bond donors (Lipinski definition) is 0. The number of hydrogen-bond acceptors (Lipinski definition) is 5. The number of amides is 1. The van der Waals surface area contributed by atoms with Crippen LogP contribution in [0.15, 0.2) is 28.7 Å². The largest absolute Gasteiger partial charge is 0.441 e. The molecule has 0 unspecified atom stereocenters. The summed E-state index contributed by atoms with van der Waals surface area (Å²) in [5.74, 6) is 0.932. The Balaban J connectivity index is 2.02.